The molecule has 24 heavy (non-hydrogen) atoms. The van der Waals surface area contributed by atoms with Crippen LogP contribution in [0.4, 0.5) is 5.69 Å². The van der Waals surface area contributed by atoms with Gasteiger partial charge >= 0.3 is 0 Å². The highest BCUT2D eigenvalue weighted by molar-refractivity contribution is 7.91. The lowest BCUT2D eigenvalue weighted by Gasteiger charge is -2.32. The monoisotopic (exact) mass is 352 g/mol. The first-order valence-corrected chi connectivity index (χ1v) is 10.0. The van der Waals surface area contributed by atoms with Gasteiger partial charge in [-0.1, -0.05) is 0 Å². The van der Waals surface area contributed by atoms with Crippen molar-refractivity contribution in [2.24, 2.45) is 0 Å². The minimum atomic E-state index is -2.93. The van der Waals surface area contributed by atoms with E-state index in [1.54, 1.807) is 12.3 Å². The standard InChI is InChI=1S/C16H24N4O3S/c1-18-6-8-20(9-7-18)16(21)15-11-13(3-5-17-15)19(2)14-4-10-24(22,23)12-14/h3,5,11,14H,4,6-10,12H2,1-2H3. The van der Waals surface area contributed by atoms with Crippen molar-refractivity contribution in [3.8, 4) is 0 Å². The summed E-state index contributed by atoms with van der Waals surface area (Å²) in [6.07, 6.45) is 2.25. The Morgan fingerprint density at radius 1 is 1.29 bits per heavy atom. The molecule has 1 atom stereocenters. The van der Waals surface area contributed by atoms with Gasteiger partial charge in [-0.25, -0.2) is 8.42 Å². The third-order valence-electron chi connectivity index (χ3n) is 4.92. The first-order chi connectivity index (χ1) is 11.4. The third-order valence-corrected chi connectivity index (χ3v) is 6.67. The van der Waals surface area contributed by atoms with Crippen molar-refractivity contribution in [2.75, 3.05) is 56.7 Å². The number of amides is 1. The van der Waals surface area contributed by atoms with Crippen molar-refractivity contribution in [1.29, 1.82) is 0 Å². The molecule has 1 aromatic rings. The van der Waals surface area contributed by atoms with Gasteiger partial charge in [0.05, 0.1) is 11.5 Å². The summed E-state index contributed by atoms with van der Waals surface area (Å²) in [6, 6.07) is 3.56. The zero-order chi connectivity index (χ0) is 17.3. The highest BCUT2D eigenvalue weighted by atomic mass is 32.2. The topological polar surface area (TPSA) is 73.8 Å². The molecular formula is C16H24N4O3S. The first kappa shape index (κ1) is 17.2. The fourth-order valence-electron chi connectivity index (χ4n) is 3.22. The van der Waals surface area contributed by atoms with E-state index >= 15 is 0 Å². The second kappa shape index (κ2) is 6.68. The van der Waals surface area contributed by atoms with Crippen LogP contribution in [0, 0.1) is 0 Å². The number of carbonyl (C=O) groups excluding carboxylic acids is 1. The smallest absolute Gasteiger partial charge is 0.272 e. The lowest BCUT2D eigenvalue weighted by atomic mass is 10.2. The van der Waals surface area contributed by atoms with Gasteiger partial charge in [-0.05, 0) is 25.6 Å². The molecule has 7 nitrogen and oxygen atoms in total. The number of hydrogen-bond acceptors (Lipinski definition) is 6. The molecule has 8 heteroatoms. The zero-order valence-electron chi connectivity index (χ0n) is 14.2. The number of aromatic nitrogens is 1. The quantitative estimate of drug-likeness (QED) is 0.768. The predicted octanol–water partition coefficient (Wildman–Crippen LogP) is 0.0925. The van der Waals surface area contributed by atoms with Crippen molar-refractivity contribution < 1.29 is 13.2 Å². The molecule has 0 bridgehead atoms. The fourth-order valence-corrected chi connectivity index (χ4v) is 4.99. The average molecular weight is 352 g/mol. The number of nitrogens with zero attached hydrogens (tertiary/aromatic N) is 4. The summed E-state index contributed by atoms with van der Waals surface area (Å²) in [5.74, 6) is 0.352. The minimum Gasteiger partial charge on any atom is -0.370 e. The molecule has 2 aliphatic rings. The predicted molar refractivity (Wildman–Crippen MR) is 93.1 cm³/mol. The van der Waals surface area contributed by atoms with E-state index < -0.39 is 9.84 Å². The third kappa shape index (κ3) is 3.70. The number of hydrogen-bond donors (Lipinski definition) is 0. The Hall–Kier alpha value is -1.67. The fraction of sp³-hybridized carbons (Fsp3) is 0.625. The van der Waals surface area contributed by atoms with Crippen molar-refractivity contribution >= 4 is 21.4 Å². The summed E-state index contributed by atoms with van der Waals surface area (Å²) in [7, 11) is 0.992. The number of piperazine rings is 1. The summed E-state index contributed by atoms with van der Waals surface area (Å²) in [5, 5.41) is 0. The van der Waals surface area contributed by atoms with E-state index in [1.807, 2.05) is 30.0 Å². The SMILES string of the molecule is CN1CCN(C(=O)c2cc(N(C)C3CCS(=O)(=O)C3)ccn2)CC1. The van der Waals surface area contributed by atoms with E-state index in [4.69, 9.17) is 0 Å². The first-order valence-electron chi connectivity index (χ1n) is 8.23. The van der Waals surface area contributed by atoms with Gasteiger partial charge in [-0.3, -0.25) is 9.78 Å². The molecule has 0 aliphatic carbocycles. The summed E-state index contributed by atoms with van der Waals surface area (Å²) < 4.78 is 23.4. The van der Waals surface area contributed by atoms with Crippen LogP contribution < -0.4 is 4.90 Å². The van der Waals surface area contributed by atoms with Crippen LogP contribution in [0.3, 0.4) is 0 Å². The van der Waals surface area contributed by atoms with E-state index in [1.165, 1.54) is 0 Å². The molecular weight excluding hydrogens is 328 g/mol. The maximum atomic E-state index is 12.6. The molecule has 2 fully saturated rings. The molecule has 1 amide bonds. The van der Waals surface area contributed by atoms with Gasteiger partial charge in [-0.2, -0.15) is 0 Å². The van der Waals surface area contributed by atoms with Gasteiger partial charge in [0.2, 0.25) is 0 Å². The van der Waals surface area contributed by atoms with Gasteiger partial charge in [0.25, 0.3) is 5.91 Å². The number of pyridine rings is 1. The van der Waals surface area contributed by atoms with Crippen LogP contribution in [0.15, 0.2) is 18.3 Å². The van der Waals surface area contributed by atoms with E-state index in [-0.39, 0.29) is 23.5 Å². The van der Waals surface area contributed by atoms with Gasteiger partial charge in [0, 0.05) is 51.2 Å². The Labute approximate surface area is 143 Å². The molecule has 1 aromatic heterocycles. The second-order valence-corrected chi connectivity index (χ2v) is 8.89. The van der Waals surface area contributed by atoms with Gasteiger partial charge in [0.15, 0.2) is 9.84 Å². The van der Waals surface area contributed by atoms with Crippen LogP contribution in [-0.4, -0.2) is 86.9 Å². The lowest BCUT2D eigenvalue weighted by Crippen LogP contribution is -2.47. The van der Waals surface area contributed by atoms with Crippen molar-refractivity contribution in [3.63, 3.8) is 0 Å². The van der Waals surface area contributed by atoms with Crippen LogP contribution in [0.1, 0.15) is 16.9 Å². The van der Waals surface area contributed by atoms with E-state index in [2.05, 4.69) is 9.88 Å². The Morgan fingerprint density at radius 2 is 2.00 bits per heavy atom. The lowest BCUT2D eigenvalue weighted by molar-refractivity contribution is 0.0658. The van der Waals surface area contributed by atoms with Crippen molar-refractivity contribution in [2.45, 2.75) is 12.5 Å². The molecule has 0 radical (unpaired) electrons. The minimum absolute atomic E-state index is 0.0380. The van der Waals surface area contributed by atoms with E-state index in [0.29, 0.717) is 25.2 Å². The van der Waals surface area contributed by atoms with Gasteiger partial charge in [0.1, 0.15) is 5.69 Å². The summed E-state index contributed by atoms with van der Waals surface area (Å²) >= 11 is 0. The van der Waals surface area contributed by atoms with E-state index in [9.17, 15) is 13.2 Å². The van der Waals surface area contributed by atoms with Crippen LogP contribution >= 0.6 is 0 Å². The highest BCUT2D eigenvalue weighted by Gasteiger charge is 2.31. The van der Waals surface area contributed by atoms with Crippen LogP contribution in [0.25, 0.3) is 0 Å². The molecule has 2 saturated heterocycles. The molecule has 0 aromatic carbocycles. The average Bonchev–Trinajstić information content (AvgIpc) is 2.94. The second-order valence-electron chi connectivity index (χ2n) is 6.66. The molecule has 0 spiro atoms. The number of anilines is 1. The zero-order valence-corrected chi connectivity index (χ0v) is 15.0. The molecule has 1 unspecified atom stereocenters. The number of sulfone groups is 1. The largest absolute Gasteiger partial charge is 0.370 e. The molecule has 3 rings (SSSR count). The van der Waals surface area contributed by atoms with Crippen LogP contribution in [-0.2, 0) is 9.84 Å². The molecule has 3 heterocycles. The van der Waals surface area contributed by atoms with Gasteiger partial charge in [-0.15, -0.1) is 0 Å². The van der Waals surface area contributed by atoms with Crippen molar-refractivity contribution in [1.82, 2.24) is 14.8 Å². The Morgan fingerprint density at radius 3 is 2.62 bits per heavy atom. The van der Waals surface area contributed by atoms with Crippen LogP contribution in [0.2, 0.25) is 0 Å². The number of carbonyl (C=O) groups is 1. The molecule has 0 saturated carbocycles. The Bertz CT molecular complexity index is 714. The maximum Gasteiger partial charge on any atom is 0.272 e. The van der Waals surface area contributed by atoms with Crippen molar-refractivity contribution in [3.05, 3.63) is 24.0 Å². The van der Waals surface area contributed by atoms with Gasteiger partial charge < -0.3 is 14.7 Å². The molecule has 132 valence electrons. The number of likely N-dealkylation sites (N-methyl/N-ethyl adjacent to an activating group) is 1. The van der Waals surface area contributed by atoms with E-state index in [0.717, 1.165) is 18.8 Å². The maximum absolute atomic E-state index is 12.6. The number of rotatable bonds is 3. The summed E-state index contributed by atoms with van der Waals surface area (Å²) in [4.78, 5) is 22.8. The highest BCUT2D eigenvalue weighted by Crippen LogP contribution is 2.23. The normalized spacial score (nSPS) is 24.1. The summed E-state index contributed by atoms with van der Waals surface area (Å²) in [5.41, 5.74) is 1.26. The molecule has 0 N–H and O–H groups in total. The Balaban J connectivity index is 1.73. The molecule has 2 aliphatic heterocycles. The Kier molecular flexibility index (Phi) is 4.78. The summed E-state index contributed by atoms with van der Waals surface area (Å²) in [6.45, 7) is 3.15. The van der Waals surface area contributed by atoms with Crippen LogP contribution in [0.5, 0.6) is 0 Å².